The van der Waals surface area contributed by atoms with E-state index in [0.717, 1.165) is 0 Å². The molecular formula is C16H17BrClN2O6-. The molecule has 2 heterocycles. The van der Waals surface area contributed by atoms with Crippen molar-refractivity contribution in [3.8, 4) is 0 Å². The second-order valence-corrected chi connectivity index (χ2v) is 7.39. The van der Waals surface area contributed by atoms with Gasteiger partial charge in [-0.3, -0.25) is 4.79 Å². The highest BCUT2D eigenvalue weighted by Gasteiger charge is 2.55. The van der Waals surface area contributed by atoms with Crippen LogP contribution < -0.4 is 10.4 Å². The molecule has 1 saturated heterocycles. The lowest BCUT2D eigenvalue weighted by Crippen LogP contribution is -2.72. The zero-order valence-electron chi connectivity index (χ0n) is 13.6. The summed E-state index contributed by atoms with van der Waals surface area (Å²) in [5, 5.41) is 47.0. The van der Waals surface area contributed by atoms with E-state index >= 15 is 0 Å². The van der Waals surface area contributed by atoms with Gasteiger partial charge in [0.25, 0.3) is 0 Å². The molecule has 0 radical (unpaired) electrons. The van der Waals surface area contributed by atoms with Gasteiger partial charge in [-0.1, -0.05) is 11.6 Å². The second kappa shape index (κ2) is 7.08. The Kier molecular flexibility index (Phi) is 5.33. The molecule has 5 N–H and O–H groups in total. The number of aliphatic hydroxyl groups is 3. The number of fused-ring (bicyclic) bond motifs is 1. The number of aliphatic hydroxyl groups excluding tert-OH is 2. The first-order chi connectivity index (χ1) is 12.2. The van der Waals surface area contributed by atoms with E-state index in [9.17, 15) is 25.2 Å². The van der Waals surface area contributed by atoms with E-state index in [1.165, 1.54) is 13.1 Å². The molecule has 2 aromatic rings. The number of hydrogen-bond donors (Lipinski definition) is 5. The normalized spacial score (nSPS) is 32.0. The van der Waals surface area contributed by atoms with Gasteiger partial charge >= 0.3 is 0 Å². The van der Waals surface area contributed by atoms with Crippen molar-refractivity contribution in [2.75, 3.05) is 6.61 Å². The van der Waals surface area contributed by atoms with Gasteiger partial charge in [0, 0.05) is 40.3 Å². The Morgan fingerprint density at radius 1 is 1.54 bits per heavy atom. The lowest BCUT2D eigenvalue weighted by molar-refractivity contribution is -0.527. The first-order valence-electron chi connectivity index (χ1n) is 7.77. The molecule has 5 atom stereocenters. The van der Waals surface area contributed by atoms with Crippen molar-refractivity contribution in [3.63, 3.8) is 0 Å². The summed E-state index contributed by atoms with van der Waals surface area (Å²) in [6.07, 6.45) is -3.53. The van der Waals surface area contributed by atoms with Gasteiger partial charge in [0.15, 0.2) is 0 Å². The average Bonchev–Trinajstić information content (AvgIpc) is 3.03. The molecule has 26 heavy (non-hydrogen) atoms. The monoisotopic (exact) mass is 447 g/mol. The minimum atomic E-state index is -2.24. The molecule has 0 saturated carbocycles. The van der Waals surface area contributed by atoms with Gasteiger partial charge in [-0.25, -0.2) is 0 Å². The Bertz CT molecular complexity index is 845. The fraction of sp³-hybridized carbons (Fsp3) is 0.438. The summed E-state index contributed by atoms with van der Waals surface area (Å²) >= 11 is 9.65. The molecule has 1 amide bonds. The summed E-state index contributed by atoms with van der Waals surface area (Å²) in [7, 11) is 0. The molecule has 142 valence electrons. The number of amides is 1. The molecule has 0 aliphatic carbocycles. The standard InChI is InChI=1S/C16H17BrClN2O6/c1-6(22)20-13-15(24)26-10(5-21)14(23)16(13,25)7-4-19-9-3-2-8(17)12(18)11(7)9/h2-4,10,13-15,19,21,23,25H,5H2,1H3,(H,20,22)/q-1/t10-,13+,14-,15-,16-/m1/s1. The van der Waals surface area contributed by atoms with Crippen LogP contribution in [0, 0.1) is 0 Å². The van der Waals surface area contributed by atoms with Crippen LogP contribution in [0.25, 0.3) is 10.9 Å². The van der Waals surface area contributed by atoms with Crippen molar-refractivity contribution in [1.82, 2.24) is 10.3 Å². The number of ether oxygens (including phenoxy) is 1. The zero-order valence-corrected chi connectivity index (χ0v) is 15.9. The Labute approximate surface area is 161 Å². The van der Waals surface area contributed by atoms with Crippen molar-refractivity contribution < 1.29 is 30.0 Å². The van der Waals surface area contributed by atoms with Crippen molar-refractivity contribution in [1.29, 1.82) is 0 Å². The zero-order chi connectivity index (χ0) is 19.2. The van der Waals surface area contributed by atoms with Gasteiger partial charge in [-0.05, 0) is 28.1 Å². The number of halogens is 2. The molecule has 8 nitrogen and oxygen atoms in total. The van der Waals surface area contributed by atoms with E-state index in [4.69, 9.17) is 16.3 Å². The number of nitrogens with one attached hydrogen (secondary N) is 2. The van der Waals surface area contributed by atoms with Crippen LogP contribution in [0.15, 0.2) is 22.8 Å². The Balaban J connectivity index is 2.25. The lowest BCUT2D eigenvalue weighted by atomic mass is 9.76. The maximum atomic E-state index is 12.5. The van der Waals surface area contributed by atoms with Crippen LogP contribution in [0.4, 0.5) is 0 Å². The smallest absolute Gasteiger partial charge is 0.217 e. The van der Waals surface area contributed by atoms with E-state index in [0.29, 0.717) is 15.4 Å². The minimum absolute atomic E-state index is 0.118. The molecule has 1 aromatic carbocycles. The first-order valence-corrected chi connectivity index (χ1v) is 8.94. The lowest BCUT2D eigenvalue weighted by Gasteiger charge is -2.53. The number of H-pyrrole nitrogens is 1. The van der Waals surface area contributed by atoms with Crippen molar-refractivity contribution in [3.05, 3.63) is 33.4 Å². The van der Waals surface area contributed by atoms with Crippen LogP contribution in [0.1, 0.15) is 12.5 Å². The van der Waals surface area contributed by atoms with Crippen LogP contribution in [-0.2, 0) is 15.1 Å². The van der Waals surface area contributed by atoms with Crippen molar-refractivity contribution in [2.24, 2.45) is 0 Å². The van der Waals surface area contributed by atoms with E-state index in [-0.39, 0.29) is 10.6 Å². The maximum absolute atomic E-state index is 12.5. The number of carbonyl (C=O) groups excluding carboxylic acids is 1. The summed E-state index contributed by atoms with van der Waals surface area (Å²) < 4.78 is 5.59. The van der Waals surface area contributed by atoms with Crippen molar-refractivity contribution >= 4 is 44.3 Å². The van der Waals surface area contributed by atoms with E-state index in [1.807, 2.05) is 0 Å². The van der Waals surface area contributed by atoms with Crippen LogP contribution in [0.2, 0.25) is 5.02 Å². The fourth-order valence-corrected chi connectivity index (χ4v) is 3.94. The highest BCUT2D eigenvalue weighted by molar-refractivity contribution is 9.10. The first kappa shape index (κ1) is 19.6. The number of benzene rings is 1. The predicted molar refractivity (Wildman–Crippen MR) is 94.3 cm³/mol. The van der Waals surface area contributed by atoms with Gasteiger partial charge in [-0.2, -0.15) is 0 Å². The molecule has 10 heteroatoms. The summed E-state index contributed by atoms with van der Waals surface area (Å²) in [6.45, 7) is 0.491. The van der Waals surface area contributed by atoms with Gasteiger partial charge in [0.2, 0.25) is 5.91 Å². The SMILES string of the molecule is CC(=O)N[C@H]1[C@H]([O-])O[C@H](CO)[C@@H](O)[C@@]1(O)c1c[nH]c2ccc(Br)c(Cl)c12. The Morgan fingerprint density at radius 3 is 2.85 bits per heavy atom. The summed E-state index contributed by atoms with van der Waals surface area (Å²) in [4.78, 5) is 14.5. The second-order valence-electron chi connectivity index (χ2n) is 6.16. The van der Waals surface area contributed by atoms with Crippen LogP contribution in [0.3, 0.4) is 0 Å². The molecule has 1 fully saturated rings. The number of rotatable bonds is 3. The molecule has 1 aromatic heterocycles. The largest absolute Gasteiger partial charge is 0.829 e. The molecule has 1 aliphatic rings. The molecule has 3 rings (SSSR count). The number of aromatic amines is 1. The minimum Gasteiger partial charge on any atom is -0.829 e. The number of aromatic nitrogens is 1. The van der Waals surface area contributed by atoms with Gasteiger partial charge in [0.05, 0.1) is 17.7 Å². The molecule has 1 aliphatic heterocycles. The Morgan fingerprint density at radius 2 is 2.23 bits per heavy atom. The van der Waals surface area contributed by atoms with Gasteiger partial charge in [0.1, 0.15) is 17.8 Å². The third kappa shape index (κ3) is 2.93. The van der Waals surface area contributed by atoms with E-state index in [2.05, 4.69) is 26.2 Å². The van der Waals surface area contributed by atoms with E-state index < -0.39 is 42.7 Å². The number of carbonyl (C=O) groups is 1. The van der Waals surface area contributed by atoms with Gasteiger partial charge in [-0.15, -0.1) is 0 Å². The third-order valence-electron chi connectivity index (χ3n) is 4.56. The highest BCUT2D eigenvalue weighted by atomic mass is 79.9. The summed E-state index contributed by atoms with van der Waals surface area (Å²) in [5.74, 6) is -0.584. The molecule has 0 spiro atoms. The van der Waals surface area contributed by atoms with E-state index in [1.54, 1.807) is 12.1 Å². The van der Waals surface area contributed by atoms with Crippen LogP contribution in [-0.4, -0.2) is 57.4 Å². The molecule has 0 unspecified atom stereocenters. The average molecular weight is 449 g/mol. The third-order valence-corrected chi connectivity index (χ3v) is 5.85. The summed E-state index contributed by atoms with van der Waals surface area (Å²) in [5.41, 5.74) is -1.57. The topological polar surface area (TPSA) is 138 Å². The molecular weight excluding hydrogens is 432 g/mol. The molecule has 0 bridgehead atoms. The fourth-order valence-electron chi connectivity index (χ4n) is 3.34. The highest BCUT2D eigenvalue weighted by Crippen LogP contribution is 2.43. The quantitative estimate of drug-likeness (QED) is 0.438. The van der Waals surface area contributed by atoms with Gasteiger partial charge < -0.3 is 35.5 Å². The van der Waals surface area contributed by atoms with Crippen LogP contribution >= 0.6 is 27.5 Å². The Hall–Kier alpha value is -1.20. The van der Waals surface area contributed by atoms with Crippen molar-refractivity contribution in [2.45, 2.75) is 37.1 Å². The summed E-state index contributed by atoms with van der Waals surface area (Å²) in [6, 6.07) is 1.90. The van der Waals surface area contributed by atoms with Crippen LogP contribution in [0.5, 0.6) is 0 Å². The maximum Gasteiger partial charge on any atom is 0.217 e. The predicted octanol–water partition coefficient (Wildman–Crippen LogP) is -0.285. The number of hydrogen-bond acceptors (Lipinski definition) is 6.